The number of amides is 2. The van der Waals surface area contributed by atoms with Crippen LogP contribution in [0.3, 0.4) is 0 Å². The maximum atomic E-state index is 12.5. The van der Waals surface area contributed by atoms with E-state index in [2.05, 4.69) is 25.6 Å². The molecule has 1 fully saturated rings. The van der Waals surface area contributed by atoms with Crippen molar-refractivity contribution in [2.24, 2.45) is 0 Å². The first-order valence-electron chi connectivity index (χ1n) is 10.5. The molecular formula is C22H25ClN6O3. The van der Waals surface area contributed by atoms with Crippen LogP contribution in [0.5, 0.6) is 0 Å². The van der Waals surface area contributed by atoms with Crippen molar-refractivity contribution < 1.29 is 14.7 Å². The van der Waals surface area contributed by atoms with Crippen LogP contribution in [0, 0.1) is 0 Å². The highest BCUT2D eigenvalue weighted by molar-refractivity contribution is 6.33. The number of fused-ring (bicyclic) bond motifs is 1. The van der Waals surface area contributed by atoms with Crippen LogP contribution < -0.4 is 10.6 Å². The van der Waals surface area contributed by atoms with E-state index in [0.717, 1.165) is 16.5 Å². The lowest BCUT2D eigenvalue weighted by Crippen LogP contribution is -2.53. The maximum Gasteiger partial charge on any atom is 0.247 e. The minimum atomic E-state index is -0.907. The minimum Gasteiger partial charge on any atom is -0.394 e. The van der Waals surface area contributed by atoms with E-state index in [1.54, 1.807) is 11.1 Å². The lowest BCUT2D eigenvalue weighted by molar-refractivity contribution is -0.138. The number of nitrogens with one attached hydrogen (secondary N) is 3. The number of benzene rings is 1. The van der Waals surface area contributed by atoms with E-state index in [1.165, 1.54) is 6.92 Å². The van der Waals surface area contributed by atoms with Gasteiger partial charge in [0.2, 0.25) is 17.8 Å². The van der Waals surface area contributed by atoms with Crippen LogP contribution in [0.15, 0.2) is 36.7 Å². The van der Waals surface area contributed by atoms with Gasteiger partial charge in [-0.2, -0.15) is 0 Å². The first-order chi connectivity index (χ1) is 15.5. The summed E-state index contributed by atoms with van der Waals surface area (Å²) in [5, 5.41) is 16.7. The Morgan fingerprint density at radius 1 is 1.31 bits per heavy atom. The molecule has 0 aliphatic carbocycles. The molecule has 0 spiro atoms. The van der Waals surface area contributed by atoms with Gasteiger partial charge in [0.05, 0.1) is 23.5 Å². The van der Waals surface area contributed by atoms with Crippen LogP contribution in [0.1, 0.15) is 19.8 Å². The number of piperidine rings is 1. The quantitative estimate of drug-likeness (QED) is 0.451. The van der Waals surface area contributed by atoms with Crippen molar-refractivity contribution in [3.05, 3.63) is 41.7 Å². The number of carbonyl (C=O) groups excluding carboxylic acids is 2. The Kier molecular flexibility index (Phi) is 6.57. The van der Waals surface area contributed by atoms with E-state index >= 15 is 0 Å². The summed E-state index contributed by atoms with van der Waals surface area (Å²) >= 11 is 6.40. The number of aromatic amines is 1. The van der Waals surface area contributed by atoms with Crippen molar-refractivity contribution in [3.63, 3.8) is 0 Å². The Bertz CT molecular complexity index is 1130. The zero-order chi connectivity index (χ0) is 22.7. The molecule has 0 radical (unpaired) electrons. The third-order valence-corrected chi connectivity index (χ3v) is 5.86. The number of rotatable bonds is 6. The molecule has 10 heteroatoms. The molecule has 9 nitrogen and oxygen atoms in total. The van der Waals surface area contributed by atoms with Gasteiger partial charge in [0.15, 0.2) is 0 Å². The second kappa shape index (κ2) is 9.54. The van der Waals surface area contributed by atoms with Gasteiger partial charge in [-0.05, 0) is 18.9 Å². The smallest absolute Gasteiger partial charge is 0.247 e. The van der Waals surface area contributed by atoms with Gasteiger partial charge < -0.3 is 25.6 Å². The fraction of sp³-hybridized carbons (Fsp3) is 0.364. The Balaban J connectivity index is 1.42. The van der Waals surface area contributed by atoms with Crippen LogP contribution in [0.2, 0.25) is 5.02 Å². The molecule has 168 valence electrons. The van der Waals surface area contributed by atoms with Crippen molar-refractivity contribution in [2.75, 3.05) is 25.0 Å². The molecule has 32 heavy (non-hydrogen) atoms. The van der Waals surface area contributed by atoms with Gasteiger partial charge in [-0.1, -0.05) is 29.8 Å². The first kappa shape index (κ1) is 22.0. The van der Waals surface area contributed by atoms with E-state index in [4.69, 9.17) is 11.6 Å². The van der Waals surface area contributed by atoms with Gasteiger partial charge in [0.1, 0.15) is 6.04 Å². The van der Waals surface area contributed by atoms with E-state index in [-0.39, 0.29) is 17.9 Å². The molecule has 1 atom stereocenters. The first-order valence-corrected chi connectivity index (χ1v) is 10.9. The number of hydrogen-bond donors (Lipinski definition) is 4. The standard InChI is InChI=1S/C22H25ClN6O3/c1-13(31)26-19(12-30)21(32)29-8-6-14(7-9-29)27-22-25-11-17(23)20(28-22)16-10-24-18-5-3-2-4-15(16)18/h2-5,10-11,14,19,24,30H,6-9,12H2,1H3,(H,26,31)(H,25,27,28). The highest BCUT2D eigenvalue weighted by Crippen LogP contribution is 2.32. The van der Waals surface area contributed by atoms with Crippen molar-refractivity contribution in [1.29, 1.82) is 0 Å². The summed E-state index contributed by atoms with van der Waals surface area (Å²) in [6, 6.07) is 7.12. The summed E-state index contributed by atoms with van der Waals surface area (Å²) in [4.78, 5) is 37.6. The molecule has 4 rings (SSSR count). The van der Waals surface area contributed by atoms with Crippen LogP contribution in [-0.2, 0) is 9.59 Å². The molecule has 1 aliphatic heterocycles. The second-order valence-corrected chi connectivity index (χ2v) is 8.22. The maximum absolute atomic E-state index is 12.5. The van der Waals surface area contributed by atoms with Crippen molar-refractivity contribution in [3.8, 4) is 11.3 Å². The Hall–Kier alpha value is -3.17. The van der Waals surface area contributed by atoms with E-state index < -0.39 is 12.6 Å². The molecule has 1 aromatic carbocycles. The molecule has 0 bridgehead atoms. The van der Waals surface area contributed by atoms with Crippen molar-refractivity contribution in [2.45, 2.75) is 31.8 Å². The van der Waals surface area contributed by atoms with Crippen LogP contribution in [-0.4, -0.2) is 68.6 Å². The zero-order valence-electron chi connectivity index (χ0n) is 17.6. The number of aliphatic hydroxyl groups excluding tert-OH is 1. The monoisotopic (exact) mass is 456 g/mol. The molecule has 2 amide bonds. The van der Waals surface area contributed by atoms with E-state index in [9.17, 15) is 14.7 Å². The third-order valence-electron chi connectivity index (χ3n) is 5.59. The molecule has 0 saturated carbocycles. The predicted molar refractivity (Wildman–Crippen MR) is 122 cm³/mol. The van der Waals surface area contributed by atoms with Crippen molar-refractivity contribution >= 4 is 40.3 Å². The summed E-state index contributed by atoms with van der Waals surface area (Å²) in [7, 11) is 0. The topological polar surface area (TPSA) is 123 Å². The highest BCUT2D eigenvalue weighted by atomic mass is 35.5. The van der Waals surface area contributed by atoms with Crippen LogP contribution in [0.25, 0.3) is 22.2 Å². The predicted octanol–water partition coefficient (Wildman–Crippen LogP) is 2.18. The van der Waals surface area contributed by atoms with Gasteiger partial charge in [0.25, 0.3) is 0 Å². The highest BCUT2D eigenvalue weighted by Gasteiger charge is 2.28. The zero-order valence-corrected chi connectivity index (χ0v) is 18.4. The molecular weight excluding hydrogens is 432 g/mol. The number of hydrogen-bond acceptors (Lipinski definition) is 6. The second-order valence-electron chi connectivity index (χ2n) is 7.82. The minimum absolute atomic E-state index is 0.0874. The molecule has 3 aromatic rings. The van der Waals surface area contributed by atoms with E-state index in [1.807, 2.05) is 30.5 Å². The van der Waals surface area contributed by atoms with Gasteiger partial charge in [-0.25, -0.2) is 9.97 Å². The van der Waals surface area contributed by atoms with Gasteiger partial charge in [-0.3, -0.25) is 9.59 Å². The van der Waals surface area contributed by atoms with Gasteiger partial charge >= 0.3 is 0 Å². The fourth-order valence-electron chi connectivity index (χ4n) is 3.97. The summed E-state index contributed by atoms with van der Waals surface area (Å²) in [6.45, 7) is 1.92. The van der Waals surface area contributed by atoms with Crippen LogP contribution in [0.4, 0.5) is 5.95 Å². The van der Waals surface area contributed by atoms with Crippen LogP contribution >= 0.6 is 11.6 Å². The lowest BCUT2D eigenvalue weighted by Gasteiger charge is -2.34. The number of carbonyl (C=O) groups is 2. The Morgan fingerprint density at radius 2 is 2.06 bits per heavy atom. The summed E-state index contributed by atoms with van der Waals surface area (Å²) in [6.07, 6.45) is 4.86. The lowest BCUT2D eigenvalue weighted by atomic mass is 10.0. The average Bonchev–Trinajstić information content (AvgIpc) is 3.22. The van der Waals surface area contributed by atoms with E-state index in [0.29, 0.717) is 42.6 Å². The fourth-order valence-corrected chi connectivity index (χ4v) is 4.16. The molecule has 3 heterocycles. The van der Waals surface area contributed by atoms with Gasteiger partial charge in [0, 0.05) is 48.7 Å². The molecule has 2 aromatic heterocycles. The number of likely N-dealkylation sites (tertiary alicyclic amines) is 1. The summed E-state index contributed by atoms with van der Waals surface area (Å²) in [5.74, 6) is -0.142. The number of nitrogens with zero attached hydrogens (tertiary/aromatic N) is 3. The number of H-pyrrole nitrogens is 1. The SMILES string of the molecule is CC(=O)NC(CO)C(=O)N1CCC(Nc2ncc(Cl)c(-c3c[nH]c4ccccc34)n2)CC1. The number of para-hydroxylation sites is 1. The number of halogens is 1. The molecule has 1 unspecified atom stereocenters. The molecule has 4 N–H and O–H groups in total. The molecule has 1 saturated heterocycles. The van der Waals surface area contributed by atoms with Crippen molar-refractivity contribution in [1.82, 2.24) is 25.2 Å². The van der Waals surface area contributed by atoms with Gasteiger partial charge in [-0.15, -0.1) is 0 Å². The number of aliphatic hydroxyl groups is 1. The Morgan fingerprint density at radius 3 is 2.78 bits per heavy atom. The number of aromatic nitrogens is 3. The molecule has 1 aliphatic rings. The number of anilines is 1. The normalized spacial score (nSPS) is 15.5. The Labute approximate surface area is 190 Å². The summed E-state index contributed by atoms with van der Waals surface area (Å²) < 4.78 is 0. The summed E-state index contributed by atoms with van der Waals surface area (Å²) in [5.41, 5.74) is 2.56. The average molecular weight is 457 g/mol. The third kappa shape index (κ3) is 4.68. The largest absolute Gasteiger partial charge is 0.394 e.